The number of aliphatic hydroxyl groups is 1. The Balaban J connectivity index is 0. The highest BCUT2D eigenvalue weighted by atomic mass is 16.5. The van der Waals surface area contributed by atoms with E-state index >= 15 is 0 Å². The first-order valence-corrected chi connectivity index (χ1v) is 3.31. The van der Waals surface area contributed by atoms with Gasteiger partial charge < -0.3 is 19.9 Å². The quantitative estimate of drug-likeness (QED) is 0.544. The van der Waals surface area contributed by atoms with E-state index in [1.165, 1.54) is 7.11 Å². The standard InChI is InChI=1S/C6H13NO4.H2/c1-10-6(9)7-2-4-11-5-3-8;/h8H,2-5H2,1H3,(H,7,9);1H. The molecular formula is C6H15NO4. The molecule has 0 aliphatic carbocycles. The molecule has 0 aliphatic heterocycles. The molecule has 0 aromatic carbocycles. The molecule has 1 amide bonds. The van der Waals surface area contributed by atoms with Crippen LogP contribution in [0.4, 0.5) is 4.79 Å². The van der Waals surface area contributed by atoms with Gasteiger partial charge in [-0.25, -0.2) is 4.79 Å². The number of carbonyl (C=O) groups is 1. The van der Waals surface area contributed by atoms with E-state index in [1.54, 1.807) is 0 Å². The van der Waals surface area contributed by atoms with Gasteiger partial charge in [0.25, 0.3) is 0 Å². The number of hydrogen-bond donors (Lipinski definition) is 2. The number of alkyl carbamates (subject to hydrolysis) is 1. The molecule has 0 aliphatic rings. The fourth-order valence-electron chi connectivity index (χ4n) is 0.464. The van der Waals surface area contributed by atoms with Crippen molar-refractivity contribution in [1.29, 1.82) is 0 Å². The summed E-state index contributed by atoms with van der Waals surface area (Å²) in [7, 11) is 1.30. The lowest BCUT2D eigenvalue weighted by Crippen LogP contribution is -2.27. The molecule has 2 N–H and O–H groups in total. The van der Waals surface area contributed by atoms with Crippen molar-refractivity contribution in [2.75, 3.05) is 33.5 Å². The highest BCUT2D eigenvalue weighted by Crippen LogP contribution is 1.73. The summed E-state index contributed by atoms with van der Waals surface area (Å²) < 4.78 is 9.16. The minimum atomic E-state index is -0.474. The smallest absolute Gasteiger partial charge is 0.406 e. The van der Waals surface area contributed by atoms with Crippen LogP contribution < -0.4 is 5.32 Å². The summed E-state index contributed by atoms with van der Waals surface area (Å²) in [5.41, 5.74) is 0. The Morgan fingerprint density at radius 1 is 1.64 bits per heavy atom. The first kappa shape index (κ1) is 10.2. The maximum absolute atomic E-state index is 10.4. The summed E-state index contributed by atoms with van der Waals surface area (Å²) in [6.07, 6.45) is -0.474. The molecule has 0 aromatic heterocycles. The highest BCUT2D eigenvalue weighted by molar-refractivity contribution is 5.66. The van der Waals surface area contributed by atoms with E-state index in [9.17, 15) is 4.79 Å². The summed E-state index contributed by atoms with van der Waals surface area (Å²) in [5.74, 6) is 0. The number of nitrogens with one attached hydrogen (secondary N) is 1. The van der Waals surface area contributed by atoms with Crippen LogP contribution in [0.1, 0.15) is 1.43 Å². The van der Waals surface area contributed by atoms with Gasteiger partial charge >= 0.3 is 6.09 Å². The fourth-order valence-corrected chi connectivity index (χ4v) is 0.464. The van der Waals surface area contributed by atoms with E-state index < -0.39 is 6.09 Å². The third-order valence-corrected chi connectivity index (χ3v) is 0.937. The first-order chi connectivity index (χ1) is 5.31. The van der Waals surface area contributed by atoms with Crippen LogP contribution in [0.5, 0.6) is 0 Å². The third-order valence-electron chi connectivity index (χ3n) is 0.937. The van der Waals surface area contributed by atoms with Crippen LogP contribution in [-0.2, 0) is 9.47 Å². The molecular weight excluding hydrogens is 150 g/mol. The normalized spacial score (nSPS) is 9.27. The SMILES string of the molecule is COC(=O)NCCOCCO.[HH]. The molecule has 0 saturated carbocycles. The van der Waals surface area contributed by atoms with Gasteiger partial charge in [0.2, 0.25) is 0 Å². The van der Waals surface area contributed by atoms with Crippen molar-refractivity contribution >= 4 is 6.09 Å². The molecule has 0 rings (SSSR count). The average Bonchev–Trinajstić information content (AvgIpc) is 2.04. The van der Waals surface area contributed by atoms with E-state index in [4.69, 9.17) is 9.84 Å². The molecule has 0 spiro atoms. The summed E-state index contributed by atoms with van der Waals surface area (Å²) in [4.78, 5) is 10.4. The van der Waals surface area contributed by atoms with Crippen molar-refractivity contribution in [2.24, 2.45) is 0 Å². The molecule has 0 unspecified atom stereocenters. The van der Waals surface area contributed by atoms with Gasteiger partial charge in [0, 0.05) is 7.97 Å². The van der Waals surface area contributed by atoms with Gasteiger partial charge in [-0.2, -0.15) is 0 Å². The second-order valence-corrected chi connectivity index (χ2v) is 1.75. The van der Waals surface area contributed by atoms with Crippen LogP contribution in [-0.4, -0.2) is 44.7 Å². The summed E-state index contributed by atoms with van der Waals surface area (Å²) in [5, 5.41) is 10.7. The number of amides is 1. The van der Waals surface area contributed by atoms with Gasteiger partial charge in [-0.3, -0.25) is 0 Å². The van der Waals surface area contributed by atoms with Crippen LogP contribution in [0.2, 0.25) is 0 Å². The van der Waals surface area contributed by atoms with Gasteiger partial charge in [-0.05, 0) is 0 Å². The minimum Gasteiger partial charge on any atom is -0.453 e. The molecule has 0 heterocycles. The van der Waals surface area contributed by atoms with E-state index in [0.717, 1.165) is 0 Å². The monoisotopic (exact) mass is 165 g/mol. The predicted molar refractivity (Wildman–Crippen MR) is 40.4 cm³/mol. The van der Waals surface area contributed by atoms with Crippen LogP contribution in [0, 0.1) is 0 Å². The number of aliphatic hydroxyl groups excluding tert-OH is 1. The second kappa shape index (κ2) is 7.30. The number of rotatable bonds is 5. The topological polar surface area (TPSA) is 67.8 Å². The highest BCUT2D eigenvalue weighted by Gasteiger charge is 1.94. The Morgan fingerprint density at radius 2 is 2.36 bits per heavy atom. The molecule has 0 saturated heterocycles. The van der Waals surface area contributed by atoms with Crippen molar-refractivity contribution < 1.29 is 20.8 Å². The van der Waals surface area contributed by atoms with Crippen molar-refractivity contribution in [2.45, 2.75) is 0 Å². The summed E-state index contributed by atoms with van der Waals surface area (Å²) >= 11 is 0. The number of ether oxygens (including phenoxy) is 2. The zero-order valence-corrected chi connectivity index (χ0v) is 6.50. The number of methoxy groups -OCH3 is 1. The van der Waals surface area contributed by atoms with Gasteiger partial charge in [0.15, 0.2) is 0 Å². The Kier molecular flexibility index (Phi) is 6.76. The Morgan fingerprint density at radius 3 is 2.91 bits per heavy atom. The molecule has 0 radical (unpaired) electrons. The van der Waals surface area contributed by atoms with E-state index in [-0.39, 0.29) is 8.03 Å². The molecule has 0 bridgehead atoms. The maximum atomic E-state index is 10.4. The summed E-state index contributed by atoms with van der Waals surface area (Å²) in [6, 6.07) is 0. The zero-order chi connectivity index (χ0) is 8.53. The predicted octanol–water partition coefficient (Wildman–Crippen LogP) is -0.403. The second-order valence-electron chi connectivity index (χ2n) is 1.75. The fraction of sp³-hybridized carbons (Fsp3) is 0.833. The molecule has 5 heteroatoms. The first-order valence-electron chi connectivity index (χ1n) is 3.31. The maximum Gasteiger partial charge on any atom is 0.406 e. The van der Waals surface area contributed by atoms with Gasteiger partial charge in [-0.15, -0.1) is 0 Å². The van der Waals surface area contributed by atoms with Gasteiger partial charge in [0.05, 0.1) is 26.9 Å². The average molecular weight is 165 g/mol. The molecule has 11 heavy (non-hydrogen) atoms. The van der Waals surface area contributed by atoms with Gasteiger partial charge in [-0.1, -0.05) is 0 Å². The van der Waals surface area contributed by atoms with E-state index in [2.05, 4.69) is 10.1 Å². The minimum absolute atomic E-state index is 0. The summed E-state index contributed by atoms with van der Waals surface area (Å²) in [6.45, 7) is 1.07. The lowest BCUT2D eigenvalue weighted by Gasteiger charge is -2.03. The molecule has 0 atom stereocenters. The zero-order valence-electron chi connectivity index (χ0n) is 6.50. The van der Waals surface area contributed by atoms with E-state index in [1.807, 2.05) is 0 Å². The van der Waals surface area contributed by atoms with Crippen molar-refractivity contribution in [3.63, 3.8) is 0 Å². The molecule has 68 valence electrons. The largest absolute Gasteiger partial charge is 0.453 e. The van der Waals surface area contributed by atoms with Gasteiger partial charge in [0.1, 0.15) is 0 Å². The molecule has 0 aromatic rings. The van der Waals surface area contributed by atoms with Crippen molar-refractivity contribution in [3.05, 3.63) is 0 Å². The number of carbonyl (C=O) groups excluding carboxylic acids is 1. The van der Waals surface area contributed by atoms with E-state index in [0.29, 0.717) is 19.8 Å². The lowest BCUT2D eigenvalue weighted by atomic mass is 10.7. The van der Waals surface area contributed by atoms with Crippen molar-refractivity contribution in [1.82, 2.24) is 5.32 Å². The van der Waals surface area contributed by atoms with Crippen LogP contribution in [0.3, 0.4) is 0 Å². The van der Waals surface area contributed by atoms with Crippen LogP contribution in [0.25, 0.3) is 0 Å². The number of hydrogen-bond acceptors (Lipinski definition) is 4. The Labute approximate surface area is 66.8 Å². The van der Waals surface area contributed by atoms with Crippen LogP contribution in [0.15, 0.2) is 0 Å². The third kappa shape index (κ3) is 7.08. The molecule has 0 fully saturated rings. The van der Waals surface area contributed by atoms with Crippen LogP contribution >= 0.6 is 0 Å². The Hall–Kier alpha value is -0.810. The lowest BCUT2D eigenvalue weighted by molar-refractivity contribution is 0.0923. The Bertz CT molecular complexity index is 112. The molecule has 5 nitrogen and oxygen atoms in total. The van der Waals surface area contributed by atoms with Crippen molar-refractivity contribution in [3.8, 4) is 0 Å².